The number of nitrogens with one attached hydrogen (secondary N) is 1. The molecular weight excluding hydrogens is 595 g/mol. The molecule has 2 amide bonds. The Hall–Kier alpha value is -4.76. The summed E-state index contributed by atoms with van der Waals surface area (Å²) in [5.41, 5.74) is 13.8. The van der Waals surface area contributed by atoms with Crippen molar-refractivity contribution in [3.63, 3.8) is 0 Å². The van der Waals surface area contributed by atoms with Crippen LogP contribution in [0.25, 0.3) is 0 Å². The van der Waals surface area contributed by atoms with E-state index in [1.807, 2.05) is 6.07 Å². The van der Waals surface area contributed by atoms with Gasteiger partial charge in [0.15, 0.2) is 6.04 Å². The van der Waals surface area contributed by atoms with Gasteiger partial charge in [-0.1, -0.05) is 42.5 Å². The number of primary amides is 1. The van der Waals surface area contributed by atoms with Crippen LogP contribution in [0.4, 0.5) is 13.2 Å². The predicted octanol–water partition coefficient (Wildman–Crippen LogP) is 3.46. The van der Waals surface area contributed by atoms with Crippen molar-refractivity contribution in [3.8, 4) is 0 Å². The molecule has 1 aliphatic rings. The molecule has 1 atom stereocenters. The van der Waals surface area contributed by atoms with E-state index in [1.54, 1.807) is 48.5 Å². The average Bonchev–Trinajstić information content (AvgIpc) is 3.58. The number of benzene rings is 2. The van der Waals surface area contributed by atoms with Gasteiger partial charge >= 0.3 is 24.1 Å². The molecule has 0 spiro atoms. The first-order valence-electron chi connectivity index (χ1n) is 12.4. The average molecular weight is 624 g/mol. The van der Waals surface area contributed by atoms with Crippen LogP contribution >= 0.6 is 11.3 Å². The molecule has 4 rings (SSSR count). The summed E-state index contributed by atoms with van der Waals surface area (Å²) in [6, 6.07) is 14.3. The highest BCUT2D eigenvalue weighted by Crippen LogP contribution is 2.35. The smallest absolute Gasteiger partial charge is 0.479 e. The third-order valence-corrected chi connectivity index (χ3v) is 7.16. The molecule has 0 aliphatic heterocycles. The highest BCUT2D eigenvalue weighted by Gasteiger charge is 2.38. The topological polar surface area (TPSA) is 199 Å². The second-order valence-electron chi connectivity index (χ2n) is 8.78. The molecule has 1 heterocycles. The van der Waals surface area contributed by atoms with Crippen molar-refractivity contribution < 1.29 is 52.1 Å². The molecule has 0 fully saturated rings. The maximum atomic E-state index is 12.2. The molecule has 15 heteroatoms. The first-order chi connectivity index (χ1) is 20.2. The molecular formula is C28H28F3N3O8S. The van der Waals surface area contributed by atoms with Gasteiger partial charge in [0, 0.05) is 17.0 Å². The van der Waals surface area contributed by atoms with Gasteiger partial charge in [0.05, 0.1) is 12.7 Å². The van der Waals surface area contributed by atoms with Crippen LogP contribution in [-0.2, 0) is 33.7 Å². The highest BCUT2D eigenvalue weighted by molar-refractivity contribution is 7.14. The van der Waals surface area contributed by atoms with Crippen molar-refractivity contribution in [1.29, 1.82) is 0 Å². The fourth-order valence-electron chi connectivity index (χ4n) is 3.88. The molecule has 0 saturated carbocycles. The van der Waals surface area contributed by atoms with Crippen molar-refractivity contribution in [2.45, 2.75) is 38.0 Å². The normalized spacial score (nSPS) is 12.3. The molecule has 1 aromatic heterocycles. The van der Waals surface area contributed by atoms with Crippen molar-refractivity contribution >= 4 is 41.1 Å². The van der Waals surface area contributed by atoms with Crippen molar-refractivity contribution in [2.75, 3.05) is 7.11 Å². The minimum absolute atomic E-state index is 0.322. The van der Waals surface area contributed by atoms with E-state index in [4.69, 9.17) is 21.4 Å². The summed E-state index contributed by atoms with van der Waals surface area (Å²) in [5.74, 6) is -5.31. The number of halogens is 3. The molecule has 0 unspecified atom stereocenters. The van der Waals surface area contributed by atoms with Gasteiger partial charge < -0.3 is 31.7 Å². The number of carboxylic acids is 2. The highest BCUT2D eigenvalue weighted by atomic mass is 32.1. The number of amides is 2. The number of rotatable bonds is 7. The Balaban J connectivity index is 0.000000255. The van der Waals surface area contributed by atoms with Gasteiger partial charge in [-0.3, -0.25) is 9.59 Å². The van der Waals surface area contributed by atoms with E-state index in [0.717, 1.165) is 35.3 Å². The predicted molar refractivity (Wildman–Crippen MR) is 149 cm³/mol. The fourth-order valence-corrected chi connectivity index (χ4v) is 5.11. The van der Waals surface area contributed by atoms with Crippen LogP contribution in [0.1, 0.15) is 64.4 Å². The van der Waals surface area contributed by atoms with Crippen LogP contribution in [-0.4, -0.2) is 53.2 Å². The molecule has 0 bridgehead atoms. The van der Waals surface area contributed by atoms with Gasteiger partial charge in [-0.05, 0) is 48.1 Å². The van der Waals surface area contributed by atoms with Crippen LogP contribution in [0.3, 0.4) is 0 Å². The Morgan fingerprint density at radius 3 is 2.16 bits per heavy atom. The summed E-state index contributed by atoms with van der Waals surface area (Å²) in [4.78, 5) is 56.6. The first-order valence-corrected chi connectivity index (χ1v) is 13.2. The zero-order chi connectivity index (χ0) is 32.3. The van der Waals surface area contributed by atoms with E-state index in [0.29, 0.717) is 28.1 Å². The monoisotopic (exact) mass is 623 g/mol. The standard InChI is InChI=1S/C16H16N2O3.C10H11NO3S.C2HF3O2/c17-10-11-5-4-8-13(9-11)15(19)18-14(16(20)21)12-6-2-1-3-7-12;1-14-10(13)7-5-3-2-4-6(5)15-8(7)9(11)12;3-2(4,5)1(6)7/h1-9,14H,10,17H2,(H,18,19)(H,20,21);2-4H2,1H3,(H2,11,12);(H,6,7)/t14-;;/m1../s1. The number of aliphatic carboxylic acids is 2. The molecule has 7 N–H and O–H groups in total. The number of carbonyl (C=O) groups excluding carboxylic acids is 3. The van der Waals surface area contributed by atoms with Crippen molar-refractivity contribution in [2.24, 2.45) is 11.5 Å². The Morgan fingerprint density at radius 1 is 1.02 bits per heavy atom. The molecule has 11 nitrogen and oxygen atoms in total. The Bertz CT molecular complexity index is 1480. The molecule has 0 radical (unpaired) electrons. The third kappa shape index (κ3) is 9.65. The summed E-state index contributed by atoms with van der Waals surface area (Å²) >= 11 is 1.33. The number of thiophene rings is 1. The number of hydrogen-bond donors (Lipinski definition) is 5. The lowest BCUT2D eigenvalue weighted by molar-refractivity contribution is -0.192. The lowest BCUT2D eigenvalue weighted by atomic mass is 10.1. The van der Waals surface area contributed by atoms with E-state index in [9.17, 15) is 37.5 Å². The van der Waals surface area contributed by atoms with Gasteiger partial charge in [-0.25, -0.2) is 14.4 Å². The zero-order valence-corrected chi connectivity index (χ0v) is 23.5. The number of alkyl halides is 3. The lowest BCUT2D eigenvalue weighted by Gasteiger charge is -2.15. The number of esters is 1. The maximum absolute atomic E-state index is 12.2. The number of fused-ring (bicyclic) bond motifs is 1. The zero-order valence-electron chi connectivity index (χ0n) is 22.6. The summed E-state index contributed by atoms with van der Waals surface area (Å²) in [5, 5.41) is 18.9. The van der Waals surface area contributed by atoms with E-state index >= 15 is 0 Å². The maximum Gasteiger partial charge on any atom is 0.490 e. The quantitative estimate of drug-likeness (QED) is 0.245. The Labute approximate surface area is 247 Å². The van der Waals surface area contributed by atoms with Crippen LogP contribution in [0.5, 0.6) is 0 Å². The van der Waals surface area contributed by atoms with E-state index in [1.165, 1.54) is 18.4 Å². The van der Waals surface area contributed by atoms with Gasteiger partial charge in [0.1, 0.15) is 4.88 Å². The van der Waals surface area contributed by atoms with Gasteiger partial charge in [0.2, 0.25) is 0 Å². The minimum Gasteiger partial charge on any atom is -0.479 e. The van der Waals surface area contributed by atoms with Crippen LogP contribution in [0, 0.1) is 0 Å². The summed E-state index contributed by atoms with van der Waals surface area (Å²) in [6.45, 7) is 0.322. The molecule has 3 aromatic rings. The number of nitrogens with two attached hydrogens (primary N) is 2. The number of carbonyl (C=O) groups is 5. The van der Waals surface area contributed by atoms with E-state index in [2.05, 4.69) is 10.1 Å². The van der Waals surface area contributed by atoms with Gasteiger partial charge in [0.25, 0.3) is 11.8 Å². The first kappa shape index (κ1) is 34.4. The van der Waals surface area contributed by atoms with E-state index in [-0.39, 0.29) is 0 Å². The molecule has 1 aliphatic carbocycles. The summed E-state index contributed by atoms with van der Waals surface area (Å²) < 4.78 is 36.4. The summed E-state index contributed by atoms with van der Waals surface area (Å²) in [6.07, 6.45) is -2.29. The second-order valence-corrected chi connectivity index (χ2v) is 9.89. The third-order valence-electron chi connectivity index (χ3n) is 5.86. The van der Waals surface area contributed by atoms with Gasteiger partial charge in [-0.2, -0.15) is 13.2 Å². The number of carboxylic acid groups (broad SMARTS) is 2. The van der Waals surface area contributed by atoms with Crippen molar-refractivity contribution in [3.05, 3.63) is 92.2 Å². The largest absolute Gasteiger partial charge is 0.490 e. The van der Waals surface area contributed by atoms with Crippen molar-refractivity contribution in [1.82, 2.24) is 5.32 Å². The number of hydrogen-bond acceptors (Lipinski definition) is 8. The van der Waals surface area contributed by atoms with Crippen LogP contribution in [0.2, 0.25) is 0 Å². The molecule has 2 aromatic carbocycles. The summed E-state index contributed by atoms with van der Waals surface area (Å²) in [7, 11) is 1.31. The Kier molecular flexibility index (Phi) is 12.4. The van der Waals surface area contributed by atoms with E-state index < -0.39 is 41.9 Å². The Morgan fingerprint density at radius 2 is 1.65 bits per heavy atom. The molecule has 43 heavy (non-hydrogen) atoms. The van der Waals surface area contributed by atoms with Crippen LogP contribution < -0.4 is 16.8 Å². The SMILES string of the molecule is COC(=O)c1c(C(N)=O)sc2c1CCC2.NCc1cccc(C(=O)N[C@@H](C(=O)O)c2ccccc2)c1.O=C(O)C(F)(F)F. The van der Waals surface area contributed by atoms with Crippen LogP contribution in [0.15, 0.2) is 54.6 Å². The number of aryl methyl sites for hydroxylation is 1. The minimum atomic E-state index is -5.08. The molecule has 0 saturated heterocycles. The number of methoxy groups -OCH3 is 1. The number of ether oxygens (including phenoxy) is 1. The fraction of sp³-hybridized carbons (Fsp3) is 0.250. The lowest BCUT2D eigenvalue weighted by Crippen LogP contribution is -2.33. The second kappa shape index (κ2) is 15.5. The molecule has 230 valence electrons. The van der Waals surface area contributed by atoms with Gasteiger partial charge in [-0.15, -0.1) is 11.3 Å².